The van der Waals surface area contributed by atoms with E-state index in [1.165, 1.54) is 10.9 Å². The van der Waals surface area contributed by atoms with E-state index >= 15 is 0 Å². The topological polar surface area (TPSA) is 57.5 Å². The average Bonchev–Trinajstić information content (AvgIpc) is 2.91. The van der Waals surface area contributed by atoms with E-state index in [1.54, 1.807) is 0 Å². The van der Waals surface area contributed by atoms with Gasteiger partial charge in [0.15, 0.2) is 5.41 Å². The van der Waals surface area contributed by atoms with Gasteiger partial charge in [-0.3, -0.25) is 9.59 Å². The molecule has 2 aromatic rings. The molecule has 1 aromatic carbocycles. The largest absolute Gasteiger partial charge is 0.459 e. The maximum Gasteiger partial charge on any atom is 0.324 e. The highest BCUT2D eigenvalue weighted by Gasteiger charge is 2.55. The number of hydrogen-bond acceptors (Lipinski definition) is 4. The minimum atomic E-state index is -1.35. The molecule has 0 radical (unpaired) electrons. The first-order chi connectivity index (χ1) is 13.8. The van der Waals surface area contributed by atoms with Crippen LogP contribution < -0.4 is 0 Å². The zero-order valence-corrected chi connectivity index (χ0v) is 19.6. The Kier molecular flexibility index (Phi) is 5.55. The van der Waals surface area contributed by atoms with Crippen molar-refractivity contribution in [2.45, 2.75) is 84.8 Å². The second-order valence-electron chi connectivity index (χ2n) is 10.5. The van der Waals surface area contributed by atoms with Crippen molar-refractivity contribution in [1.82, 2.24) is 4.57 Å². The van der Waals surface area contributed by atoms with Gasteiger partial charge in [-0.25, -0.2) is 0 Å². The number of aryl methyl sites for hydroxylation is 1. The Balaban J connectivity index is 2.19. The Morgan fingerprint density at radius 3 is 2.07 bits per heavy atom. The van der Waals surface area contributed by atoms with Crippen LogP contribution in [0.15, 0.2) is 24.3 Å². The van der Waals surface area contributed by atoms with Crippen molar-refractivity contribution in [2.24, 2.45) is 12.5 Å². The van der Waals surface area contributed by atoms with Crippen LogP contribution in [-0.2, 0) is 32.5 Å². The predicted molar refractivity (Wildman–Crippen MR) is 118 cm³/mol. The summed E-state index contributed by atoms with van der Waals surface area (Å²) in [6, 6.07) is 8.27. The molecule has 0 spiro atoms. The van der Waals surface area contributed by atoms with Crippen molar-refractivity contribution in [3.63, 3.8) is 0 Å². The molecular weight excluding hydrogens is 378 g/mol. The van der Waals surface area contributed by atoms with E-state index < -0.39 is 28.6 Å². The van der Waals surface area contributed by atoms with Crippen LogP contribution in [0.1, 0.15) is 78.5 Å². The lowest BCUT2D eigenvalue weighted by Crippen LogP contribution is -2.50. The summed E-state index contributed by atoms with van der Waals surface area (Å²) < 4.78 is 13.7. The number of carbonyl (C=O) groups excluding carboxylic acids is 2. The number of esters is 2. The van der Waals surface area contributed by atoms with Crippen molar-refractivity contribution in [3.8, 4) is 0 Å². The molecule has 0 amide bonds. The molecule has 164 valence electrons. The third-order valence-corrected chi connectivity index (χ3v) is 5.82. The molecule has 1 aliphatic carbocycles. The molecule has 30 heavy (non-hydrogen) atoms. The lowest BCUT2D eigenvalue weighted by molar-refractivity contribution is -0.187. The zero-order valence-electron chi connectivity index (χ0n) is 19.6. The Hall–Kier alpha value is -2.30. The molecule has 0 fully saturated rings. The van der Waals surface area contributed by atoms with Crippen molar-refractivity contribution in [3.05, 3.63) is 35.5 Å². The predicted octanol–water partition coefficient (Wildman–Crippen LogP) is 5.29. The summed E-state index contributed by atoms with van der Waals surface area (Å²) in [4.78, 5) is 27.1. The lowest BCUT2D eigenvalue weighted by atomic mass is 9.67. The number of ether oxygens (including phenoxy) is 2. The maximum absolute atomic E-state index is 13.5. The minimum Gasteiger partial charge on any atom is -0.459 e. The van der Waals surface area contributed by atoms with E-state index in [9.17, 15) is 9.59 Å². The molecule has 5 nitrogen and oxygen atoms in total. The number of aromatic nitrogens is 1. The van der Waals surface area contributed by atoms with Crippen molar-refractivity contribution in [1.29, 1.82) is 0 Å². The highest BCUT2D eigenvalue weighted by Crippen LogP contribution is 2.49. The summed E-state index contributed by atoms with van der Waals surface area (Å²) in [5, 5.41) is 1.20. The van der Waals surface area contributed by atoms with Crippen molar-refractivity contribution in [2.75, 3.05) is 0 Å². The molecule has 3 rings (SSSR count). The number of carbonyl (C=O) groups is 2. The van der Waals surface area contributed by atoms with Crippen LogP contribution >= 0.6 is 0 Å². The molecule has 0 aliphatic heterocycles. The van der Waals surface area contributed by atoms with Gasteiger partial charge in [0.05, 0.1) is 0 Å². The standard InChI is InChI=1S/C25H35NO4/c1-9-16-14-25(21(27)29-23(2,3)4,22(28)30-24(5,6)7)15-19-20(16)17-12-10-11-13-18(17)26(19)8/h10-13,16H,9,14-15H2,1-8H3/t16-/m1/s1. The summed E-state index contributed by atoms with van der Waals surface area (Å²) in [7, 11) is 2.01. The number of nitrogens with zero attached hydrogens (tertiary/aromatic N) is 1. The molecule has 1 aliphatic rings. The van der Waals surface area contributed by atoms with Gasteiger partial charge in [-0.1, -0.05) is 25.1 Å². The Morgan fingerprint density at radius 1 is 1.03 bits per heavy atom. The van der Waals surface area contributed by atoms with Crippen LogP contribution in [0.2, 0.25) is 0 Å². The fraction of sp³-hybridized carbons (Fsp3) is 0.600. The van der Waals surface area contributed by atoms with Crippen LogP contribution in [0.25, 0.3) is 10.9 Å². The van der Waals surface area contributed by atoms with Gasteiger partial charge in [0, 0.05) is 30.1 Å². The maximum atomic E-state index is 13.5. The molecule has 0 unspecified atom stereocenters. The Labute approximate surface area is 179 Å². The summed E-state index contributed by atoms with van der Waals surface area (Å²) in [5.41, 5.74) is 0.658. The molecule has 0 N–H and O–H groups in total. The van der Waals surface area contributed by atoms with E-state index in [-0.39, 0.29) is 12.3 Å². The first kappa shape index (κ1) is 22.4. The number of benzene rings is 1. The Morgan fingerprint density at radius 2 is 1.57 bits per heavy atom. The van der Waals surface area contributed by atoms with Crippen LogP contribution in [-0.4, -0.2) is 27.7 Å². The number of para-hydroxylation sites is 1. The molecule has 1 aromatic heterocycles. The van der Waals surface area contributed by atoms with Gasteiger partial charge in [0.2, 0.25) is 0 Å². The highest BCUT2D eigenvalue weighted by atomic mass is 16.6. The fourth-order valence-corrected chi connectivity index (χ4v) is 4.52. The van der Waals surface area contributed by atoms with Gasteiger partial charge in [-0.15, -0.1) is 0 Å². The minimum absolute atomic E-state index is 0.0693. The van der Waals surface area contributed by atoms with Gasteiger partial charge in [0.25, 0.3) is 0 Å². The van der Waals surface area contributed by atoms with E-state index in [0.29, 0.717) is 6.42 Å². The van der Waals surface area contributed by atoms with E-state index in [1.807, 2.05) is 60.7 Å². The molecule has 5 heteroatoms. The van der Waals surface area contributed by atoms with Gasteiger partial charge in [-0.05, 0) is 71.9 Å². The smallest absolute Gasteiger partial charge is 0.324 e. The van der Waals surface area contributed by atoms with E-state index in [0.717, 1.165) is 17.6 Å². The zero-order chi connectivity index (χ0) is 22.5. The lowest BCUT2D eigenvalue weighted by Gasteiger charge is -2.40. The molecular formula is C25H35NO4. The van der Waals surface area contributed by atoms with Gasteiger partial charge in [0.1, 0.15) is 11.2 Å². The third-order valence-electron chi connectivity index (χ3n) is 5.82. The van der Waals surface area contributed by atoms with E-state index in [4.69, 9.17) is 9.47 Å². The van der Waals surface area contributed by atoms with Gasteiger partial charge in [-0.2, -0.15) is 0 Å². The van der Waals surface area contributed by atoms with E-state index in [2.05, 4.69) is 23.6 Å². The quantitative estimate of drug-likeness (QED) is 0.507. The SMILES string of the molecule is CC[C@@H]1CC(C(=O)OC(C)(C)C)(C(=O)OC(C)(C)C)Cc2c1c1ccccc1n2C. The average molecular weight is 414 g/mol. The normalized spacial score (nSPS) is 18.7. The molecule has 0 bridgehead atoms. The summed E-state index contributed by atoms with van der Waals surface area (Å²) in [6.45, 7) is 13.1. The molecule has 1 atom stereocenters. The second kappa shape index (κ2) is 7.44. The fourth-order valence-electron chi connectivity index (χ4n) is 4.52. The van der Waals surface area contributed by atoms with Crippen LogP contribution in [0.4, 0.5) is 0 Å². The van der Waals surface area contributed by atoms with Crippen molar-refractivity contribution < 1.29 is 19.1 Å². The number of fused-ring (bicyclic) bond motifs is 3. The Bertz CT molecular complexity index is 943. The third kappa shape index (κ3) is 3.99. The summed E-state index contributed by atoms with van der Waals surface area (Å²) in [5.74, 6) is -0.905. The first-order valence-electron chi connectivity index (χ1n) is 10.8. The molecule has 0 saturated heterocycles. The van der Waals surface area contributed by atoms with Crippen molar-refractivity contribution >= 4 is 22.8 Å². The number of rotatable bonds is 3. The highest BCUT2D eigenvalue weighted by molar-refractivity contribution is 6.02. The summed E-state index contributed by atoms with van der Waals surface area (Å²) >= 11 is 0. The number of hydrogen-bond donors (Lipinski definition) is 0. The van der Waals surface area contributed by atoms with Gasteiger partial charge >= 0.3 is 11.9 Å². The monoisotopic (exact) mass is 413 g/mol. The molecule has 0 saturated carbocycles. The molecule has 1 heterocycles. The summed E-state index contributed by atoms with van der Waals surface area (Å²) in [6.07, 6.45) is 1.51. The van der Waals surface area contributed by atoms with Crippen LogP contribution in [0, 0.1) is 5.41 Å². The van der Waals surface area contributed by atoms with Gasteiger partial charge < -0.3 is 14.0 Å². The van der Waals surface area contributed by atoms with Crippen LogP contribution in [0.5, 0.6) is 0 Å². The second-order valence-corrected chi connectivity index (χ2v) is 10.5. The van der Waals surface area contributed by atoms with Crippen LogP contribution in [0.3, 0.4) is 0 Å². The first-order valence-corrected chi connectivity index (χ1v) is 10.8.